The zero-order chi connectivity index (χ0) is 21.5. The molecule has 0 aliphatic rings. The van der Waals surface area contributed by atoms with E-state index in [1.165, 1.54) is 5.56 Å². The number of hydrogen-bond donors (Lipinski definition) is 1. The maximum Gasteiger partial charge on any atom is 0.194 e. The second-order valence-corrected chi connectivity index (χ2v) is 7.25. The van der Waals surface area contributed by atoms with Crippen LogP contribution < -0.4 is 10.1 Å². The summed E-state index contributed by atoms with van der Waals surface area (Å²) in [7, 11) is 5.65. The molecule has 0 fully saturated rings. The summed E-state index contributed by atoms with van der Waals surface area (Å²) in [6, 6.07) is 10.1. The van der Waals surface area contributed by atoms with Crippen LogP contribution in [0.25, 0.3) is 0 Å². The summed E-state index contributed by atoms with van der Waals surface area (Å²) in [4.78, 5) is 6.89. The highest BCUT2D eigenvalue weighted by Crippen LogP contribution is 2.13. The number of furan rings is 1. The van der Waals surface area contributed by atoms with Gasteiger partial charge in [-0.05, 0) is 44.0 Å². The van der Waals surface area contributed by atoms with E-state index in [-0.39, 0.29) is 24.0 Å². The van der Waals surface area contributed by atoms with Crippen LogP contribution in [0.15, 0.2) is 46.0 Å². The van der Waals surface area contributed by atoms with Gasteiger partial charge < -0.3 is 23.9 Å². The first-order valence-corrected chi connectivity index (χ1v) is 9.98. The fourth-order valence-electron chi connectivity index (χ4n) is 3.06. The van der Waals surface area contributed by atoms with Crippen molar-refractivity contribution >= 4 is 29.9 Å². The third-order valence-electron chi connectivity index (χ3n) is 5.14. The van der Waals surface area contributed by atoms with Gasteiger partial charge in [0.25, 0.3) is 0 Å². The smallest absolute Gasteiger partial charge is 0.194 e. The fraction of sp³-hybridized carbons (Fsp3) is 0.409. The number of guanidine groups is 1. The Bertz CT molecular complexity index is 980. The van der Waals surface area contributed by atoms with Crippen LogP contribution in [0.2, 0.25) is 0 Å². The van der Waals surface area contributed by atoms with E-state index >= 15 is 0 Å². The van der Waals surface area contributed by atoms with E-state index in [0.717, 1.165) is 47.6 Å². The monoisotopic (exact) mass is 538 g/mol. The summed E-state index contributed by atoms with van der Waals surface area (Å²) < 4.78 is 12.6. The number of aromatic nitrogens is 3. The van der Waals surface area contributed by atoms with E-state index in [0.29, 0.717) is 13.1 Å². The molecule has 0 unspecified atom stereocenters. The largest absolute Gasteiger partial charge is 0.497 e. The average Bonchev–Trinajstić information content (AvgIpc) is 3.30. The van der Waals surface area contributed by atoms with Gasteiger partial charge in [0.15, 0.2) is 11.8 Å². The summed E-state index contributed by atoms with van der Waals surface area (Å²) in [5.74, 6) is 4.29. The van der Waals surface area contributed by atoms with E-state index < -0.39 is 0 Å². The molecule has 1 aromatic carbocycles. The number of nitrogens with zero attached hydrogens (tertiary/aromatic N) is 5. The van der Waals surface area contributed by atoms with Crippen molar-refractivity contribution in [2.75, 3.05) is 20.7 Å². The molecule has 3 aromatic rings. The Morgan fingerprint density at radius 2 is 1.94 bits per heavy atom. The van der Waals surface area contributed by atoms with Gasteiger partial charge in [0.05, 0.1) is 13.4 Å². The molecule has 9 heteroatoms. The molecule has 168 valence electrons. The molecular weight excluding hydrogens is 507 g/mol. The number of ether oxygens (including phenoxy) is 1. The molecule has 1 N–H and O–H groups in total. The van der Waals surface area contributed by atoms with Gasteiger partial charge >= 0.3 is 0 Å². The van der Waals surface area contributed by atoms with Crippen molar-refractivity contribution in [3.05, 3.63) is 65.1 Å². The number of methoxy groups -OCH3 is 1. The van der Waals surface area contributed by atoms with Gasteiger partial charge in [-0.15, -0.1) is 34.2 Å². The normalized spacial score (nSPS) is 11.2. The molecule has 3 rings (SSSR count). The number of nitrogens with one attached hydrogen (secondary N) is 1. The van der Waals surface area contributed by atoms with Crippen LogP contribution in [-0.2, 0) is 26.6 Å². The van der Waals surface area contributed by atoms with Gasteiger partial charge in [-0.25, -0.2) is 4.99 Å². The van der Waals surface area contributed by atoms with Crippen molar-refractivity contribution in [2.24, 2.45) is 12.0 Å². The number of hydrogen-bond acceptors (Lipinski definition) is 5. The van der Waals surface area contributed by atoms with Crippen LogP contribution in [0.4, 0.5) is 0 Å². The summed E-state index contributed by atoms with van der Waals surface area (Å²) in [6.07, 6.45) is 2.60. The van der Waals surface area contributed by atoms with Crippen molar-refractivity contribution < 1.29 is 9.15 Å². The Morgan fingerprint density at radius 1 is 1.19 bits per heavy atom. The Kier molecular flexibility index (Phi) is 9.35. The van der Waals surface area contributed by atoms with Crippen molar-refractivity contribution in [3.63, 3.8) is 0 Å². The molecule has 8 nitrogen and oxygen atoms in total. The SMILES string of the molecule is COc1ccc(CCNC(=NCc2nnc(C)n2C)N(C)Cc2ccoc2C)cc1.I. The quantitative estimate of drug-likeness (QED) is 0.269. The molecule has 2 aromatic heterocycles. The predicted octanol–water partition coefficient (Wildman–Crippen LogP) is 3.47. The predicted molar refractivity (Wildman–Crippen MR) is 132 cm³/mol. The third kappa shape index (κ3) is 6.71. The van der Waals surface area contributed by atoms with Crippen molar-refractivity contribution in [1.82, 2.24) is 25.0 Å². The van der Waals surface area contributed by atoms with Gasteiger partial charge in [-0.2, -0.15) is 0 Å². The molecule has 0 aliphatic carbocycles. The van der Waals surface area contributed by atoms with E-state index in [4.69, 9.17) is 14.1 Å². The molecule has 0 spiro atoms. The number of aliphatic imine (C=N–C) groups is 1. The lowest BCUT2D eigenvalue weighted by Crippen LogP contribution is -2.39. The van der Waals surface area contributed by atoms with Gasteiger partial charge in [-0.1, -0.05) is 12.1 Å². The number of halogens is 1. The molecule has 0 amide bonds. The molecule has 0 bridgehead atoms. The highest BCUT2D eigenvalue weighted by Gasteiger charge is 2.12. The Balaban J connectivity index is 0.00000341. The second kappa shape index (κ2) is 11.7. The summed E-state index contributed by atoms with van der Waals surface area (Å²) in [5, 5.41) is 11.8. The van der Waals surface area contributed by atoms with Crippen LogP contribution in [0, 0.1) is 13.8 Å². The van der Waals surface area contributed by atoms with Gasteiger partial charge in [-0.3, -0.25) is 0 Å². The highest BCUT2D eigenvalue weighted by molar-refractivity contribution is 14.0. The van der Waals surface area contributed by atoms with Crippen LogP contribution >= 0.6 is 24.0 Å². The third-order valence-corrected chi connectivity index (χ3v) is 5.14. The molecule has 0 radical (unpaired) electrons. The van der Waals surface area contributed by atoms with Gasteiger partial charge in [0.2, 0.25) is 0 Å². The van der Waals surface area contributed by atoms with Crippen molar-refractivity contribution in [1.29, 1.82) is 0 Å². The molecule has 31 heavy (non-hydrogen) atoms. The maximum absolute atomic E-state index is 5.43. The topological polar surface area (TPSA) is 80.7 Å². The Labute approximate surface area is 200 Å². The fourth-order valence-corrected chi connectivity index (χ4v) is 3.06. The molecule has 2 heterocycles. The standard InChI is InChI=1S/C22H30N6O2.HI/c1-16-19(11-13-30-16)15-27(3)22(24-14-21-26-25-17(2)28(21)4)23-12-10-18-6-8-20(29-5)9-7-18;/h6-9,11,13H,10,12,14-15H2,1-5H3,(H,23,24);1H. The van der Waals surface area contributed by atoms with Crippen molar-refractivity contribution in [2.45, 2.75) is 33.4 Å². The maximum atomic E-state index is 5.43. The van der Waals surface area contributed by atoms with E-state index in [1.54, 1.807) is 13.4 Å². The first kappa shape index (κ1) is 24.7. The molecule has 0 atom stereocenters. The van der Waals surface area contributed by atoms with E-state index in [2.05, 4.69) is 32.5 Å². The zero-order valence-corrected chi connectivity index (χ0v) is 21.1. The summed E-state index contributed by atoms with van der Waals surface area (Å²) >= 11 is 0. The van der Waals surface area contributed by atoms with Crippen LogP contribution in [0.3, 0.4) is 0 Å². The number of rotatable bonds is 8. The molecule has 0 saturated heterocycles. The minimum atomic E-state index is 0. The summed E-state index contributed by atoms with van der Waals surface area (Å²) in [6.45, 7) is 5.82. The number of aryl methyl sites for hydroxylation is 2. The zero-order valence-electron chi connectivity index (χ0n) is 18.8. The lowest BCUT2D eigenvalue weighted by atomic mass is 10.1. The van der Waals surface area contributed by atoms with E-state index in [9.17, 15) is 0 Å². The second-order valence-electron chi connectivity index (χ2n) is 7.25. The minimum absolute atomic E-state index is 0. The first-order chi connectivity index (χ1) is 14.5. The lowest BCUT2D eigenvalue weighted by molar-refractivity contribution is 0.414. The van der Waals surface area contributed by atoms with Crippen LogP contribution in [-0.4, -0.2) is 46.3 Å². The van der Waals surface area contributed by atoms with Gasteiger partial charge in [0, 0.05) is 32.7 Å². The van der Waals surface area contributed by atoms with Crippen LogP contribution in [0.5, 0.6) is 5.75 Å². The molecular formula is C22H31IN6O2. The Morgan fingerprint density at radius 3 is 2.52 bits per heavy atom. The molecule has 0 aliphatic heterocycles. The van der Waals surface area contributed by atoms with Crippen LogP contribution in [0.1, 0.15) is 28.5 Å². The summed E-state index contributed by atoms with van der Waals surface area (Å²) in [5.41, 5.74) is 2.37. The molecule has 0 saturated carbocycles. The lowest BCUT2D eigenvalue weighted by Gasteiger charge is -2.22. The van der Waals surface area contributed by atoms with Gasteiger partial charge in [0.1, 0.15) is 23.9 Å². The average molecular weight is 538 g/mol. The highest BCUT2D eigenvalue weighted by atomic mass is 127. The first-order valence-electron chi connectivity index (χ1n) is 9.98. The van der Waals surface area contributed by atoms with E-state index in [1.807, 2.05) is 50.7 Å². The van der Waals surface area contributed by atoms with Crippen molar-refractivity contribution in [3.8, 4) is 5.75 Å². The number of benzene rings is 1. The minimum Gasteiger partial charge on any atom is -0.497 e. The Hall–Kier alpha value is -2.56.